The normalized spacial score (nSPS) is 17.2. The second-order valence-electron chi connectivity index (χ2n) is 7.87. The lowest BCUT2D eigenvalue weighted by atomic mass is 10.1. The van der Waals surface area contributed by atoms with E-state index in [4.69, 9.17) is 9.47 Å². The summed E-state index contributed by atoms with van der Waals surface area (Å²) in [5, 5.41) is 0. The van der Waals surface area contributed by atoms with E-state index in [1.54, 1.807) is 31.4 Å². The molecular formula is C24H29N3O4. The van der Waals surface area contributed by atoms with Crippen LogP contribution in [0, 0.1) is 0 Å². The molecule has 0 N–H and O–H groups in total. The minimum Gasteiger partial charge on any atom is -0.497 e. The fraction of sp³-hybridized carbons (Fsp3) is 0.417. The lowest BCUT2D eigenvalue weighted by molar-refractivity contribution is -0.130. The van der Waals surface area contributed by atoms with Crippen LogP contribution in [-0.4, -0.2) is 74.6 Å². The number of fused-ring (bicyclic) bond motifs is 1. The van der Waals surface area contributed by atoms with Crippen molar-refractivity contribution in [3.05, 3.63) is 54.1 Å². The van der Waals surface area contributed by atoms with Gasteiger partial charge in [-0.2, -0.15) is 0 Å². The average molecular weight is 424 g/mol. The summed E-state index contributed by atoms with van der Waals surface area (Å²) in [6, 6.07) is 15.2. The van der Waals surface area contributed by atoms with Crippen molar-refractivity contribution in [1.82, 2.24) is 9.80 Å². The first-order valence-corrected chi connectivity index (χ1v) is 10.8. The van der Waals surface area contributed by atoms with E-state index in [1.165, 1.54) is 10.6 Å². The third-order valence-electron chi connectivity index (χ3n) is 5.91. The number of ether oxygens (including phenoxy) is 2. The Morgan fingerprint density at radius 2 is 1.71 bits per heavy atom. The molecule has 2 aromatic rings. The van der Waals surface area contributed by atoms with E-state index in [2.05, 4.69) is 21.9 Å². The number of carbonyl (C=O) groups is 2. The number of carbonyl (C=O) groups excluding carboxylic acids is 2. The second kappa shape index (κ2) is 9.83. The Hall–Kier alpha value is -3.06. The molecule has 2 amide bonds. The van der Waals surface area contributed by atoms with Crippen LogP contribution in [0.5, 0.6) is 11.5 Å². The van der Waals surface area contributed by atoms with Crippen LogP contribution < -0.4 is 14.4 Å². The summed E-state index contributed by atoms with van der Waals surface area (Å²) >= 11 is 0. The zero-order chi connectivity index (χ0) is 21.6. The molecule has 2 aliphatic rings. The summed E-state index contributed by atoms with van der Waals surface area (Å²) in [6.07, 6.45) is 1.73. The molecule has 2 heterocycles. The van der Waals surface area contributed by atoms with Gasteiger partial charge in [-0.25, -0.2) is 0 Å². The molecule has 0 radical (unpaired) electrons. The van der Waals surface area contributed by atoms with Crippen molar-refractivity contribution in [2.45, 2.75) is 12.8 Å². The van der Waals surface area contributed by atoms with Gasteiger partial charge in [-0.1, -0.05) is 18.2 Å². The molecule has 0 bridgehead atoms. The fourth-order valence-corrected chi connectivity index (χ4v) is 4.11. The molecule has 7 heteroatoms. The summed E-state index contributed by atoms with van der Waals surface area (Å²) < 4.78 is 10.8. The van der Waals surface area contributed by atoms with Gasteiger partial charge < -0.3 is 14.4 Å². The highest BCUT2D eigenvalue weighted by atomic mass is 16.5. The maximum absolute atomic E-state index is 12.8. The molecule has 0 saturated carbocycles. The molecule has 0 aliphatic carbocycles. The molecular weight excluding hydrogens is 394 g/mol. The molecule has 164 valence electrons. The van der Waals surface area contributed by atoms with Crippen LogP contribution >= 0.6 is 0 Å². The van der Waals surface area contributed by atoms with Crippen LogP contribution in [0.4, 0.5) is 5.69 Å². The maximum Gasteiger partial charge on any atom is 0.267 e. The predicted octanol–water partition coefficient (Wildman–Crippen LogP) is 2.66. The highest BCUT2D eigenvalue weighted by Crippen LogP contribution is 2.24. The van der Waals surface area contributed by atoms with Gasteiger partial charge in [0.05, 0.1) is 12.7 Å². The second-order valence-corrected chi connectivity index (χ2v) is 7.87. The molecule has 7 nitrogen and oxygen atoms in total. The fourth-order valence-electron chi connectivity index (χ4n) is 4.11. The van der Waals surface area contributed by atoms with Crippen molar-refractivity contribution in [1.29, 1.82) is 0 Å². The number of benzene rings is 2. The topological polar surface area (TPSA) is 62.3 Å². The van der Waals surface area contributed by atoms with Gasteiger partial charge in [-0.15, -0.1) is 0 Å². The van der Waals surface area contributed by atoms with E-state index in [0.717, 1.165) is 51.3 Å². The molecule has 4 rings (SSSR count). The monoisotopic (exact) mass is 423 g/mol. The minimum absolute atomic E-state index is 0.0883. The Kier molecular flexibility index (Phi) is 6.72. The van der Waals surface area contributed by atoms with Crippen LogP contribution in [0.2, 0.25) is 0 Å². The summed E-state index contributed by atoms with van der Waals surface area (Å²) in [7, 11) is 1.69. The van der Waals surface area contributed by atoms with Gasteiger partial charge in [0.2, 0.25) is 0 Å². The third-order valence-corrected chi connectivity index (χ3v) is 5.91. The predicted molar refractivity (Wildman–Crippen MR) is 119 cm³/mol. The van der Waals surface area contributed by atoms with E-state index in [-0.39, 0.29) is 18.4 Å². The molecule has 2 aromatic carbocycles. The van der Waals surface area contributed by atoms with E-state index in [9.17, 15) is 9.59 Å². The molecule has 1 saturated heterocycles. The number of piperazine rings is 1. The standard InChI is InChI=1S/C24H29N3O4/c1-30-20-8-6-7-19(17-20)26-15-13-25(14-16-26)11-4-5-12-27-23(28)18-31-22-10-3-2-9-21(22)24(27)29/h2-3,6-10,17H,4-5,11-16,18H2,1H3. The Balaban J connectivity index is 1.22. The van der Waals surface area contributed by atoms with Gasteiger partial charge in [0.15, 0.2) is 6.61 Å². The number of amides is 2. The number of unbranched alkanes of at least 4 members (excludes halogenated alkanes) is 1. The quantitative estimate of drug-likeness (QED) is 0.504. The Bertz CT molecular complexity index is 925. The van der Waals surface area contributed by atoms with Crippen molar-refractivity contribution in [2.24, 2.45) is 0 Å². The van der Waals surface area contributed by atoms with Crippen molar-refractivity contribution < 1.29 is 19.1 Å². The van der Waals surface area contributed by atoms with Crippen LogP contribution in [0.1, 0.15) is 23.2 Å². The molecule has 0 aromatic heterocycles. The molecule has 31 heavy (non-hydrogen) atoms. The first-order chi connectivity index (χ1) is 15.2. The summed E-state index contributed by atoms with van der Waals surface area (Å²) in [5.74, 6) is 0.834. The number of nitrogens with zero attached hydrogens (tertiary/aromatic N) is 3. The molecule has 0 unspecified atom stereocenters. The third kappa shape index (κ3) is 4.99. The van der Waals surface area contributed by atoms with Crippen molar-refractivity contribution in [3.8, 4) is 11.5 Å². The van der Waals surface area contributed by atoms with Gasteiger partial charge >= 0.3 is 0 Å². The zero-order valence-electron chi connectivity index (χ0n) is 18.0. The van der Waals surface area contributed by atoms with Crippen LogP contribution in [0.3, 0.4) is 0 Å². The SMILES string of the molecule is COc1cccc(N2CCN(CCCCN3C(=O)COc4ccccc4C3=O)CC2)c1. The average Bonchev–Trinajstić information content (AvgIpc) is 2.94. The number of rotatable bonds is 7. The Morgan fingerprint density at radius 1 is 0.935 bits per heavy atom. The number of anilines is 1. The van der Waals surface area contributed by atoms with Gasteiger partial charge in [0, 0.05) is 44.5 Å². The van der Waals surface area contributed by atoms with Crippen LogP contribution in [0.15, 0.2) is 48.5 Å². The molecule has 0 atom stereocenters. The van der Waals surface area contributed by atoms with E-state index >= 15 is 0 Å². The maximum atomic E-state index is 12.8. The van der Waals surface area contributed by atoms with Crippen molar-refractivity contribution in [2.75, 3.05) is 57.9 Å². The van der Waals surface area contributed by atoms with Gasteiger partial charge in [-0.05, 0) is 43.7 Å². The zero-order valence-corrected chi connectivity index (χ0v) is 18.0. The molecule has 0 spiro atoms. The van der Waals surface area contributed by atoms with E-state index in [0.29, 0.717) is 17.9 Å². The number of para-hydroxylation sites is 1. The lowest BCUT2D eigenvalue weighted by Crippen LogP contribution is -2.46. The summed E-state index contributed by atoms with van der Waals surface area (Å²) in [4.78, 5) is 31.3. The Morgan fingerprint density at radius 3 is 2.52 bits per heavy atom. The van der Waals surface area contributed by atoms with E-state index in [1.807, 2.05) is 12.1 Å². The number of methoxy groups -OCH3 is 1. The van der Waals surface area contributed by atoms with Crippen molar-refractivity contribution >= 4 is 17.5 Å². The number of hydrogen-bond donors (Lipinski definition) is 0. The van der Waals surface area contributed by atoms with E-state index < -0.39 is 0 Å². The summed E-state index contributed by atoms with van der Waals surface area (Å²) in [6.45, 7) is 5.26. The molecule has 2 aliphatic heterocycles. The van der Waals surface area contributed by atoms with Gasteiger partial charge in [0.25, 0.3) is 11.8 Å². The Labute approximate surface area is 183 Å². The largest absolute Gasteiger partial charge is 0.497 e. The minimum atomic E-state index is -0.270. The number of imide groups is 1. The van der Waals surface area contributed by atoms with Crippen LogP contribution in [-0.2, 0) is 4.79 Å². The number of hydrogen-bond acceptors (Lipinski definition) is 6. The molecule has 1 fully saturated rings. The highest BCUT2D eigenvalue weighted by Gasteiger charge is 2.28. The lowest BCUT2D eigenvalue weighted by Gasteiger charge is -2.36. The highest BCUT2D eigenvalue weighted by molar-refractivity contribution is 6.07. The van der Waals surface area contributed by atoms with Gasteiger partial charge in [-0.3, -0.25) is 19.4 Å². The van der Waals surface area contributed by atoms with Crippen LogP contribution in [0.25, 0.3) is 0 Å². The first kappa shape index (κ1) is 21.2. The first-order valence-electron chi connectivity index (χ1n) is 10.8. The van der Waals surface area contributed by atoms with Crippen molar-refractivity contribution in [3.63, 3.8) is 0 Å². The van der Waals surface area contributed by atoms with Gasteiger partial charge in [0.1, 0.15) is 11.5 Å². The summed E-state index contributed by atoms with van der Waals surface area (Å²) in [5.41, 5.74) is 1.65. The smallest absolute Gasteiger partial charge is 0.267 e.